The van der Waals surface area contributed by atoms with E-state index in [0.717, 1.165) is 0 Å². The standard InChI is InChI=1S/C7H9NO3S/c1-3-11-7(9)5-6(10-2)8-4-12-5/h4H,3H2,1-2H3. The Morgan fingerprint density at radius 2 is 2.50 bits per heavy atom. The Morgan fingerprint density at radius 3 is 3.08 bits per heavy atom. The first-order valence-electron chi connectivity index (χ1n) is 3.44. The number of methoxy groups -OCH3 is 1. The van der Waals surface area contributed by atoms with Gasteiger partial charge in [0.2, 0.25) is 5.88 Å². The van der Waals surface area contributed by atoms with Crippen LogP contribution in [0, 0.1) is 0 Å². The number of nitrogens with zero attached hydrogens (tertiary/aromatic N) is 1. The van der Waals surface area contributed by atoms with Crippen LogP contribution in [-0.2, 0) is 4.74 Å². The molecule has 0 aliphatic heterocycles. The molecule has 12 heavy (non-hydrogen) atoms. The van der Waals surface area contributed by atoms with E-state index in [9.17, 15) is 4.79 Å². The normalized spacial score (nSPS) is 9.50. The monoisotopic (exact) mass is 187 g/mol. The minimum Gasteiger partial charge on any atom is -0.480 e. The summed E-state index contributed by atoms with van der Waals surface area (Å²) in [4.78, 5) is 15.4. The second-order valence-electron chi connectivity index (χ2n) is 1.91. The molecule has 0 amide bonds. The molecule has 0 radical (unpaired) electrons. The van der Waals surface area contributed by atoms with Crippen LogP contribution in [0.4, 0.5) is 0 Å². The largest absolute Gasteiger partial charge is 0.480 e. The van der Waals surface area contributed by atoms with Crippen LogP contribution in [0.3, 0.4) is 0 Å². The van der Waals surface area contributed by atoms with Crippen molar-refractivity contribution in [2.75, 3.05) is 13.7 Å². The first-order valence-corrected chi connectivity index (χ1v) is 4.32. The zero-order valence-electron chi connectivity index (χ0n) is 6.86. The number of hydrogen-bond donors (Lipinski definition) is 0. The molecule has 66 valence electrons. The fourth-order valence-corrected chi connectivity index (χ4v) is 1.36. The van der Waals surface area contributed by atoms with Crippen LogP contribution in [0.1, 0.15) is 16.6 Å². The van der Waals surface area contributed by atoms with E-state index in [1.54, 1.807) is 12.4 Å². The van der Waals surface area contributed by atoms with E-state index < -0.39 is 0 Å². The third-order valence-corrected chi connectivity index (χ3v) is 1.98. The Labute approximate surface area is 74.1 Å². The van der Waals surface area contributed by atoms with Crippen molar-refractivity contribution >= 4 is 17.3 Å². The maximum atomic E-state index is 11.2. The predicted molar refractivity (Wildman–Crippen MR) is 44.6 cm³/mol. The van der Waals surface area contributed by atoms with Crippen LogP contribution < -0.4 is 4.74 Å². The molecule has 1 aromatic rings. The lowest BCUT2D eigenvalue weighted by Crippen LogP contribution is -2.04. The Morgan fingerprint density at radius 1 is 1.75 bits per heavy atom. The average molecular weight is 187 g/mol. The van der Waals surface area contributed by atoms with Crippen molar-refractivity contribution in [3.63, 3.8) is 0 Å². The van der Waals surface area contributed by atoms with Gasteiger partial charge in [-0.25, -0.2) is 9.78 Å². The highest BCUT2D eigenvalue weighted by Gasteiger charge is 2.15. The first kappa shape index (κ1) is 8.99. The molecule has 1 aromatic heterocycles. The molecule has 1 rings (SSSR count). The van der Waals surface area contributed by atoms with E-state index in [4.69, 9.17) is 9.47 Å². The number of ether oxygens (including phenoxy) is 2. The lowest BCUT2D eigenvalue weighted by Gasteiger charge is -1.99. The zero-order chi connectivity index (χ0) is 8.97. The second-order valence-corrected chi connectivity index (χ2v) is 2.77. The molecule has 0 saturated heterocycles. The van der Waals surface area contributed by atoms with E-state index >= 15 is 0 Å². The highest BCUT2D eigenvalue weighted by molar-refractivity contribution is 7.12. The smallest absolute Gasteiger partial charge is 0.353 e. The van der Waals surface area contributed by atoms with Gasteiger partial charge < -0.3 is 9.47 Å². The number of carbonyl (C=O) groups excluding carboxylic acids is 1. The lowest BCUT2D eigenvalue weighted by atomic mass is 10.5. The van der Waals surface area contributed by atoms with Gasteiger partial charge in [0.05, 0.1) is 19.2 Å². The van der Waals surface area contributed by atoms with Gasteiger partial charge in [0.15, 0.2) is 4.88 Å². The summed E-state index contributed by atoms with van der Waals surface area (Å²) in [7, 11) is 1.47. The fraction of sp³-hybridized carbons (Fsp3) is 0.429. The number of rotatable bonds is 3. The third-order valence-electron chi connectivity index (χ3n) is 1.19. The molecule has 0 saturated carbocycles. The first-order chi connectivity index (χ1) is 5.79. The molecule has 5 heteroatoms. The lowest BCUT2D eigenvalue weighted by molar-refractivity contribution is 0.0528. The van der Waals surface area contributed by atoms with Gasteiger partial charge in [-0.2, -0.15) is 0 Å². The van der Waals surface area contributed by atoms with Gasteiger partial charge >= 0.3 is 5.97 Å². The quantitative estimate of drug-likeness (QED) is 0.670. The number of aromatic nitrogens is 1. The minimum absolute atomic E-state index is 0.332. The summed E-state index contributed by atoms with van der Waals surface area (Å²) >= 11 is 1.21. The highest BCUT2D eigenvalue weighted by Crippen LogP contribution is 2.21. The molecule has 0 unspecified atom stereocenters. The van der Waals surface area contributed by atoms with Crippen molar-refractivity contribution in [1.29, 1.82) is 0 Å². The zero-order valence-corrected chi connectivity index (χ0v) is 7.68. The molecule has 4 nitrogen and oxygen atoms in total. The van der Waals surface area contributed by atoms with Crippen LogP contribution in [0.15, 0.2) is 5.51 Å². The topological polar surface area (TPSA) is 48.4 Å². The highest BCUT2D eigenvalue weighted by atomic mass is 32.1. The molecule has 0 atom stereocenters. The van der Waals surface area contributed by atoms with E-state index in [-0.39, 0.29) is 5.97 Å². The van der Waals surface area contributed by atoms with E-state index in [0.29, 0.717) is 17.4 Å². The number of thiazole rings is 1. The van der Waals surface area contributed by atoms with Gasteiger partial charge in [0.1, 0.15) is 0 Å². The summed E-state index contributed by atoms with van der Waals surface area (Å²) in [6, 6.07) is 0. The average Bonchev–Trinajstić information content (AvgIpc) is 2.51. The summed E-state index contributed by atoms with van der Waals surface area (Å²) in [6.07, 6.45) is 0. The van der Waals surface area contributed by atoms with Gasteiger partial charge in [-0.3, -0.25) is 0 Å². The van der Waals surface area contributed by atoms with E-state index in [1.165, 1.54) is 18.4 Å². The van der Waals surface area contributed by atoms with Crippen molar-refractivity contribution in [3.05, 3.63) is 10.4 Å². The van der Waals surface area contributed by atoms with Gasteiger partial charge in [-0.05, 0) is 6.92 Å². The Balaban J connectivity index is 2.79. The summed E-state index contributed by atoms with van der Waals surface area (Å²) < 4.78 is 9.63. The van der Waals surface area contributed by atoms with Crippen molar-refractivity contribution in [2.24, 2.45) is 0 Å². The third kappa shape index (κ3) is 1.73. The second kappa shape index (κ2) is 4.06. The van der Waals surface area contributed by atoms with E-state index in [2.05, 4.69) is 4.98 Å². The van der Waals surface area contributed by atoms with Crippen molar-refractivity contribution in [1.82, 2.24) is 4.98 Å². The molecular formula is C7H9NO3S. The molecule has 0 fully saturated rings. The van der Waals surface area contributed by atoms with Crippen LogP contribution >= 0.6 is 11.3 Å². The molecule has 0 aromatic carbocycles. The SMILES string of the molecule is CCOC(=O)c1scnc1OC. The Kier molecular flexibility index (Phi) is 3.04. The number of esters is 1. The maximum absolute atomic E-state index is 11.2. The van der Waals surface area contributed by atoms with Crippen molar-refractivity contribution < 1.29 is 14.3 Å². The Bertz CT molecular complexity index is 271. The Hall–Kier alpha value is -1.10. The summed E-state index contributed by atoms with van der Waals surface area (Å²) in [5.74, 6) is -0.0460. The number of hydrogen-bond acceptors (Lipinski definition) is 5. The molecule has 0 aliphatic rings. The number of carbonyl (C=O) groups is 1. The van der Waals surface area contributed by atoms with Gasteiger partial charge in [-0.1, -0.05) is 0 Å². The molecule has 0 aliphatic carbocycles. The van der Waals surface area contributed by atoms with Crippen molar-refractivity contribution in [2.45, 2.75) is 6.92 Å². The van der Waals surface area contributed by atoms with Crippen LogP contribution in [0.5, 0.6) is 5.88 Å². The molecule has 0 N–H and O–H groups in total. The summed E-state index contributed by atoms with van der Waals surface area (Å²) in [5.41, 5.74) is 1.55. The predicted octanol–water partition coefficient (Wildman–Crippen LogP) is 1.33. The molecule has 0 bridgehead atoms. The molecule has 1 heterocycles. The maximum Gasteiger partial charge on any atom is 0.353 e. The van der Waals surface area contributed by atoms with Gasteiger partial charge in [-0.15, -0.1) is 11.3 Å². The summed E-state index contributed by atoms with van der Waals surface area (Å²) in [6.45, 7) is 2.12. The molecule has 0 spiro atoms. The fourth-order valence-electron chi connectivity index (χ4n) is 0.713. The van der Waals surface area contributed by atoms with Gasteiger partial charge in [0, 0.05) is 0 Å². The van der Waals surface area contributed by atoms with Crippen LogP contribution in [0.2, 0.25) is 0 Å². The summed E-state index contributed by atoms with van der Waals surface area (Å²) in [5, 5.41) is 0. The molecular weight excluding hydrogens is 178 g/mol. The van der Waals surface area contributed by atoms with Gasteiger partial charge in [0.25, 0.3) is 0 Å². The van der Waals surface area contributed by atoms with Crippen LogP contribution in [0.25, 0.3) is 0 Å². The van der Waals surface area contributed by atoms with Crippen molar-refractivity contribution in [3.8, 4) is 5.88 Å². The van der Waals surface area contributed by atoms with Crippen LogP contribution in [-0.4, -0.2) is 24.7 Å². The van der Waals surface area contributed by atoms with E-state index in [1.807, 2.05) is 0 Å². The minimum atomic E-state index is -0.378.